The number of aryl methyl sites for hydroxylation is 3. The lowest BCUT2D eigenvalue weighted by Gasteiger charge is -2.19. The maximum absolute atomic E-state index is 12.6. The molecule has 0 radical (unpaired) electrons. The van der Waals surface area contributed by atoms with Crippen molar-refractivity contribution in [3.63, 3.8) is 0 Å². The highest BCUT2D eigenvalue weighted by molar-refractivity contribution is 5.93. The maximum Gasteiger partial charge on any atom is 0.303 e. The predicted molar refractivity (Wildman–Crippen MR) is 94.5 cm³/mol. The summed E-state index contributed by atoms with van der Waals surface area (Å²) in [5.41, 5.74) is 3.40. The smallest absolute Gasteiger partial charge is 0.303 e. The molecule has 25 heavy (non-hydrogen) atoms. The minimum absolute atomic E-state index is 0.00460. The number of carboxylic acid groups (broad SMARTS) is 1. The first-order valence-corrected chi connectivity index (χ1v) is 8.25. The summed E-state index contributed by atoms with van der Waals surface area (Å²) in [7, 11) is 0. The molecule has 2 rings (SSSR count). The number of carbonyl (C=O) groups is 2. The number of aliphatic carboxylic acids is 1. The highest BCUT2D eigenvalue weighted by Crippen LogP contribution is 2.11. The summed E-state index contributed by atoms with van der Waals surface area (Å²) >= 11 is 0. The van der Waals surface area contributed by atoms with Gasteiger partial charge in [-0.3, -0.25) is 14.6 Å². The third-order valence-electron chi connectivity index (χ3n) is 4.06. The van der Waals surface area contributed by atoms with Crippen molar-refractivity contribution in [2.45, 2.75) is 46.1 Å². The predicted octanol–water partition coefficient (Wildman–Crippen LogP) is 2.61. The number of hydrogen-bond acceptors (Lipinski definition) is 4. The Labute approximate surface area is 147 Å². The van der Waals surface area contributed by atoms with Crippen molar-refractivity contribution >= 4 is 11.9 Å². The van der Waals surface area contributed by atoms with Crippen LogP contribution in [-0.4, -0.2) is 33.0 Å². The van der Waals surface area contributed by atoms with Crippen LogP contribution in [0.3, 0.4) is 0 Å². The topological polar surface area (TPSA) is 92.2 Å². The van der Waals surface area contributed by atoms with Crippen molar-refractivity contribution in [1.29, 1.82) is 0 Å². The Hall–Kier alpha value is -2.76. The number of rotatable bonds is 7. The van der Waals surface area contributed by atoms with Gasteiger partial charge in [0.05, 0.1) is 17.1 Å². The first-order chi connectivity index (χ1) is 11.9. The number of carboxylic acids is 1. The quantitative estimate of drug-likeness (QED) is 0.807. The number of carbonyl (C=O) groups excluding carboxylic acids is 1. The molecule has 0 bridgehead atoms. The van der Waals surface area contributed by atoms with Gasteiger partial charge in [-0.15, -0.1) is 0 Å². The number of benzene rings is 1. The van der Waals surface area contributed by atoms with E-state index in [-0.39, 0.29) is 24.1 Å². The molecule has 2 aromatic rings. The second-order valence-corrected chi connectivity index (χ2v) is 6.12. The standard InChI is InChI=1S/C19H23N3O3/c1-12-13(2)21-18(14(3)20-12)19(25)22-16(9-10-17(23)24)11-15-7-5-4-6-8-15/h4-8,16H,9-11H2,1-3H3,(H,22,25)(H,23,24). The molecule has 6 heteroatoms. The summed E-state index contributed by atoms with van der Waals surface area (Å²) in [6.07, 6.45) is 0.917. The van der Waals surface area contributed by atoms with Gasteiger partial charge in [0.2, 0.25) is 0 Å². The van der Waals surface area contributed by atoms with E-state index in [0.29, 0.717) is 24.2 Å². The van der Waals surface area contributed by atoms with Crippen molar-refractivity contribution in [3.05, 3.63) is 58.7 Å². The van der Waals surface area contributed by atoms with Gasteiger partial charge in [-0.05, 0) is 39.2 Å². The average Bonchev–Trinajstić information content (AvgIpc) is 2.56. The minimum Gasteiger partial charge on any atom is -0.481 e. The van der Waals surface area contributed by atoms with E-state index in [9.17, 15) is 9.59 Å². The lowest BCUT2D eigenvalue weighted by molar-refractivity contribution is -0.137. The van der Waals surface area contributed by atoms with E-state index in [1.54, 1.807) is 6.92 Å². The lowest BCUT2D eigenvalue weighted by atomic mass is 10.0. The minimum atomic E-state index is -0.880. The van der Waals surface area contributed by atoms with Gasteiger partial charge in [0, 0.05) is 12.5 Å². The number of hydrogen-bond donors (Lipinski definition) is 2. The van der Waals surface area contributed by atoms with E-state index in [2.05, 4.69) is 15.3 Å². The first-order valence-electron chi connectivity index (χ1n) is 8.25. The van der Waals surface area contributed by atoms with Crippen molar-refractivity contribution in [1.82, 2.24) is 15.3 Å². The Morgan fingerprint density at radius 3 is 2.32 bits per heavy atom. The zero-order chi connectivity index (χ0) is 18.4. The molecule has 1 atom stereocenters. The fourth-order valence-corrected chi connectivity index (χ4v) is 2.61. The summed E-state index contributed by atoms with van der Waals surface area (Å²) in [5.74, 6) is -1.20. The van der Waals surface area contributed by atoms with Crippen LogP contribution in [0.15, 0.2) is 30.3 Å². The molecular formula is C19H23N3O3. The molecule has 1 unspecified atom stereocenters. The van der Waals surface area contributed by atoms with Crippen molar-refractivity contribution in [2.24, 2.45) is 0 Å². The zero-order valence-corrected chi connectivity index (χ0v) is 14.7. The fourth-order valence-electron chi connectivity index (χ4n) is 2.61. The van der Waals surface area contributed by atoms with Crippen molar-refractivity contribution in [2.75, 3.05) is 0 Å². The Morgan fingerprint density at radius 2 is 1.68 bits per heavy atom. The fraction of sp³-hybridized carbons (Fsp3) is 0.368. The van der Waals surface area contributed by atoms with Crippen LogP contribution in [0, 0.1) is 20.8 Å². The van der Waals surface area contributed by atoms with Crippen LogP contribution in [0.25, 0.3) is 0 Å². The molecule has 1 heterocycles. The van der Waals surface area contributed by atoms with Crippen LogP contribution in [0.5, 0.6) is 0 Å². The SMILES string of the molecule is Cc1nc(C)c(C(=O)NC(CCC(=O)O)Cc2ccccc2)nc1C. The molecule has 0 aliphatic heterocycles. The van der Waals surface area contributed by atoms with Gasteiger partial charge in [-0.1, -0.05) is 30.3 Å². The van der Waals surface area contributed by atoms with Crippen LogP contribution in [-0.2, 0) is 11.2 Å². The molecule has 0 saturated heterocycles. The van der Waals surface area contributed by atoms with E-state index < -0.39 is 5.97 Å². The summed E-state index contributed by atoms with van der Waals surface area (Å²) < 4.78 is 0. The molecule has 1 aromatic heterocycles. The molecule has 1 aromatic carbocycles. The monoisotopic (exact) mass is 341 g/mol. The molecule has 2 N–H and O–H groups in total. The summed E-state index contributed by atoms with van der Waals surface area (Å²) in [6.45, 7) is 5.41. The molecular weight excluding hydrogens is 318 g/mol. The normalized spacial score (nSPS) is 11.8. The highest BCUT2D eigenvalue weighted by Gasteiger charge is 2.19. The molecule has 0 fully saturated rings. The van der Waals surface area contributed by atoms with Gasteiger partial charge >= 0.3 is 5.97 Å². The maximum atomic E-state index is 12.6. The van der Waals surface area contributed by atoms with Gasteiger partial charge in [-0.2, -0.15) is 0 Å². The Kier molecular flexibility index (Phi) is 6.22. The molecule has 6 nitrogen and oxygen atoms in total. The Morgan fingerprint density at radius 1 is 1.04 bits per heavy atom. The molecule has 0 aliphatic rings. The second kappa shape index (κ2) is 8.37. The summed E-state index contributed by atoms with van der Waals surface area (Å²) in [6, 6.07) is 9.40. The summed E-state index contributed by atoms with van der Waals surface area (Å²) in [4.78, 5) is 32.2. The van der Waals surface area contributed by atoms with E-state index in [1.165, 1.54) is 0 Å². The molecule has 1 amide bonds. The van der Waals surface area contributed by atoms with Gasteiger partial charge in [0.1, 0.15) is 5.69 Å². The second-order valence-electron chi connectivity index (χ2n) is 6.12. The molecule has 0 spiro atoms. The van der Waals surface area contributed by atoms with Crippen LogP contribution >= 0.6 is 0 Å². The first kappa shape index (κ1) is 18.6. The van der Waals surface area contributed by atoms with Gasteiger partial charge in [-0.25, -0.2) is 4.98 Å². The average molecular weight is 341 g/mol. The van der Waals surface area contributed by atoms with E-state index in [1.807, 2.05) is 44.2 Å². The van der Waals surface area contributed by atoms with E-state index in [0.717, 1.165) is 11.3 Å². The van der Waals surface area contributed by atoms with Crippen LogP contribution in [0.4, 0.5) is 0 Å². The largest absolute Gasteiger partial charge is 0.481 e. The molecule has 132 valence electrons. The number of aromatic nitrogens is 2. The van der Waals surface area contributed by atoms with Crippen molar-refractivity contribution < 1.29 is 14.7 Å². The number of amides is 1. The lowest BCUT2D eigenvalue weighted by Crippen LogP contribution is -2.38. The van der Waals surface area contributed by atoms with E-state index >= 15 is 0 Å². The van der Waals surface area contributed by atoms with Crippen LogP contribution in [0.2, 0.25) is 0 Å². The van der Waals surface area contributed by atoms with Crippen LogP contribution in [0.1, 0.15) is 46.0 Å². The molecule has 0 saturated carbocycles. The van der Waals surface area contributed by atoms with E-state index in [4.69, 9.17) is 5.11 Å². The zero-order valence-electron chi connectivity index (χ0n) is 14.7. The van der Waals surface area contributed by atoms with Gasteiger partial charge in [0.15, 0.2) is 0 Å². The number of nitrogens with one attached hydrogen (secondary N) is 1. The Bertz CT molecular complexity index is 760. The van der Waals surface area contributed by atoms with Crippen molar-refractivity contribution in [3.8, 4) is 0 Å². The van der Waals surface area contributed by atoms with Gasteiger partial charge < -0.3 is 10.4 Å². The van der Waals surface area contributed by atoms with Gasteiger partial charge in [0.25, 0.3) is 5.91 Å². The van der Waals surface area contributed by atoms with Crippen LogP contribution < -0.4 is 5.32 Å². The summed E-state index contributed by atoms with van der Waals surface area (Å²) in [5, 5.41) is 11.9. The molecule has 0 aliphatic carbocycles. The highest BCUT2D eigenvalue weighted by atomic mass is 16.4. The number of nitrogens with zero attached hydrogens (tertiary/aromatic N) is 2. The Balaban J connectivity index is 2.15. The third-order valence-corrected chi connectivity index (χ3v) is 4.06. The third kappa shape index (κ3) is 5.38.